The normalized spacial score (nSPS) is 21.5. The Balaban J connectivity index is 1.42. The van der Waals surface area contributed by atoms with Crippen molar-refractivity contribution in [2.24, 2.45) is 0 Å². The molecule has 1 aliphatic heterocycles. The maximum Gasteiger partial charge on any atom is 0.233 e. The molecule has 1 unspecified atom stereocenters. The van der Waals surface area contributed by atoms with Gasteiger partial charge in [-0.15, -0.1) is 5.10 Å². The molecule has 0 radical (unpaired) electrons. The van der Waals surface area contributed by atoms with Crippen molar-refractivity contribution >= 4 is 43.4 Å². The molecular formula is C19H23BrN4O3S2. The summed E-state index contributed by atoms with van der Waals surface area (Å²) in [5.41, 5.74) is 0.919. The van der Waals surface area contributed by atoms with Crippen molar-refractivity contribution in [3.63, 3.8) is 0 Å². The SMILES string of the molecule is O=C(CSc1n[nH]c(-c2ccc(Br)cc2)n1)N(C1CCCC1)C1CCS(=O)(=O)C1. The van der Waals surface area contributed by atoms with E-state index in [2.05, 4.69) is 31.1 Å². The average molecular weight is 499 g/mol. The average Bonchev–Trinajstić information content (AvgIpc) is 3.43. The van der Waals surface area contributed by atoms with Crippen LogP contribution in [0.2, 0.25) is 0 Å². The van der Waals surface area contributed by atoms with Crippen LogP contribution in [-0.4, -0.2) is 63.7 Å². The number of hydrogen-bond donors (Lipinski definition) is 1. The molecule has 2 aromatic rings. The van der Waals surface area contributed by atoms with Crippen LogP contribution in [0.4, 0.5) is 0 Å². The standard InChI is InChI=1S/C19H23BrN4O3S2/c20-14-7-5-13(6-8-14)18-21-19(23-22-18)28-11-17(25)24(15-3-1-2-4-15)16-9-10-29(26,27)12-16/h5-8,15-16H,1-4,9-12H2,(H,21,22,23). The first kappa shape index (κ1) is 20.9. The maximum absolute atomic E-state index is 13.1. The van der Waals surface area contributed by atoms with Crippen LogP contribution >= 0.6 is 27.7 Å². The Morgan fingerprint density at radius 1 is 1.17 bits per heavy atom. The van der Waals surface area contributed by atoms with Crippen molar-refractivity contribution in [1.29, 1.82) is 0 Å². The number of nitrogens with zero attached hydrogens (tertiary/aromatic N) is 3. The molecule has 1 aromatic heterocycles. The maximum atomic E-state index is 13.1. The Morgan fingerprint density at radius 2 is 1.90 bits per heavy atom. The lowest BCUT2D eigenvalue weighted by Crippen LogP contribution is -2.47. The Bertz CT molecular complexity index is 972. The van der Waals surface area contributed by atoms with E-state index < -0.39 is 9.84 Å². The van der Waals surface area contributed by atoms with Gasteiger partial charge in [-0.2, -0.15) is 0 Å². The molecule has 1 amide bonds. The van der Waals surface area contributed by atoms with Crippen molar-refractivity contribution in [2.75, 3.05) is 17.3 Å². The summed E-state index contributed by atoms with van der Waals surface area (Å²) in [5, 5.41) is 7.64. The highest BCUT2D eigenvalue weighted by Crippen LogP contribution is 2.30. The van der Waals surface area contributed by atoms with Crippen LogP contribution in [0.3, 0.4) is 0 Å². The molecule has 4 rings (SSSR count). The summed E-state index contributed by atoms with van der Waals surface area (Å²) in [6.07, 6.45) is 4.66. The second-order valence-corrected chi connectivity index (χ2v) is 11.6. The van der Waals surface area contributed by atoms with Gasteiger partial charge < -0.3 is 4.90 Å². The van der Waals surface area contributed by atoms with Gasteiger partial charge in [-0.05, 0) is 31.4 Å². The molecule has 1 aromatic carbocycles. The van der Waals surface area contributed by atoms with Gasteiger partial charge in [0.25, 0.3) is 0 Å². The minimum absolute atomic E-state index is 0.0148. The number of thioether (sulfide) groups is 1. The number of hydrogen-bond acceptors (Lipinski definition) is 6. The van der Waals surface area contributed by atoms with E-state index in [0.29, 0.717) is 17.4 Å². The van der Waals surface area contributed by atoms with Crippen LogP contribution in [0.25, 0.3) is 11.4 Å². The third-order valence-corrected chi connectivity index (χ3v) is 8.63. The quantitative estimate of drug-likeness (QED) is 0.613. The summed E-state index contributed by atoms with van der Waals surface area (Å²) in [5.74, 6) is 1.12. The number of carbonyl (C=O) groups excluding carboxylic acids is 1. The highest BCUT2D eigenvalue weighted by Gasteiger charge is 2.38. The molecule has 1 N–H and O–H groups in total. The minimum atomic E-state index is -3.03. The largest absolute Gasteiger partial charge is 0.335 e. The lowest BCUT2D eigenvalue weighted by atomic mass is 10.1. The predicted octanol–water partition coefficient (Wildman–Crippen LogP) is 3.28. The summed E-state index contributed by atoms with van der Waals surface area (Å²) in [7, 11) is -3.03. The number of benzene rings is 1. The van der Waals surface area contributed by atoms with Crippen LogP contribution in [0.5, 0.6) is 0 Å². The molecule has 156 valence electrons. The van der Waals surface area contributed by atoms with E-state index in [1.807, 2.05) is 29.2 Å². The second kappa shape index (κ2) is 8.77. The molecule has 7 nitrogen and oxygen atoms in total. The molecule has 29 heavy (non-hydrogen) atoms. The molecule has 0 bridgehead atoms. The lowest BCUT2D eigenvalue weighted by Gasteiger charge is -2.34. The topological polar surface area (TPSA) is 96.0 Å². The van der Waals surface area contributed by atoms with Gasteiger partial charge in [0.1, 0.15) is 0 Å². The van der Waals surface area contributed by atoms with Crippen LogP contribution in [-0.2, 0) is 14.6 Å². The minimum Gasteiger partial charge on any atom is -0.335 e. The summed E-state index contributed by atoms with van der Waals surface area (Å²) >= 11 is 4.70. The summed E-state index contributed by atoms with van der Waals surface area (Å²) in [6, 6.07) is 7.71. The van der Waals surface area contributed by atoms with Crippen LogP contribution < -0.4 is 0 Å². The van der Waals surface area contributed by atoms with E-state index in [-0.39, 0.29) is 35.2 Å². The number of H-pyrrole nitrogens is 1. The van der Waals surface area contributed by atoms with Gasteiger partial charge >= 0.3 is 0 Å². The van der Waals surface area contributed by atoms with E-state index in [1.165, 1.54) is 11.8 Å². The van der Waals surface area contributed by atoms with E-state index in [0.717, 1.165) is 35.7 Å². The van der Waals surface area contributed by atoms with Gasteiger partial charge in [0, 0.05) is 22.1 Å². The number of aromatic amines is 1. The second-order valence-electron chi connectivity index (χ2n) is 7.56. The summed E-state index contributed by atoms with van der Waals surface area (Å²) in [6.45, 7) is 0. The van der Waals surface area contributed by atoms with Gasteiger partial charge in [0.15, 0.2) is 15.7 Å². The number of sulfone groups is 1. The Morgan fingerprint density at radius 3 is 2.55 bits per heavy atom. The molecule has 0 spiro atoms. The zero-order chi connectivity index (χ0) is 20.4. The van der Waals surface area contributed by atoms with E-state index in [1.54, 1.807) is 0 Å². The first-order valence-electron chi connectivity index (χ1n) is 9.74. The summed E-state index contributed by atoms with van der Waals surface area (Å²) < 4.78 is 24.9. The number of amides is 1. The third kappa shape index (κ3) is 5.03. The highest BCUT2D eigenvalue weighted by atomic mass is 79.9. The monoisotopic (exact) mass is 498 g/mol. The molecule has 1 saturated heterocycles. The molecule has 2 aliphatic rings. The molecule has 2 fully saturated rings. The van der Waals surface area contributed by atoms with Crippen LogP contribution in [0, 0.1) is 0 Å². The number of halogens is 1. The van der Waals surface area contributed by atoms with Gasteiger partial charge in [-0.25, -0.2) is 13.4 Å². The predicted molar refractivity (Wildman–Crippen MR) is 116 cm³/mol. The van der Waals surface area contributed by atoms with Crippen molar-refractivity contribution in [1.82, 2.24) is 20.1 Å². The fraction of sp³-hybridized carbons (Fsp3) is 0.526. The van der Waals surface area contributed by atoms with Crippen LogP contribution in [0.15, 0.2) is 33.9 Å². The first-order chi connectivity index (χ1) is 13.9. The van der Waals surface area contributed by atoms with Gasteiger partial charge in [-0.1, -0.05) is 52.7 Å². The van der Waals surface area contributed by atoms with Gasteiger partial charge in [-0.3, -0.25) is 9.89 Å². The Labute approximate surface area is 183 Å². The van der Waals surface area contributed by atoms with E-state index in [4.69, 9.17) is 0 Å². The van der Waals surface area contributed by atoms with Crippen LogP contribution in [0.1, 0.15) is 32.1 Å². The van der Waals surface area contributed by atoms with Gasteiger partial charge in [0.2, 0.25) is 11.1 Å². The molecule has 1 saturated carbocycles. The smallest absolute Gasteiger partial charge is 0.233 e. The first-order valence-corrected chi connectivity index (χ1v) is 13.3. The Kier molecular flexibility index (Phi) is 6.31. The number of nitrogens with one attached hydrogen (secondary N) is 1. The zero-order valence-corrected chi connectivity index (χ0v) is 19.1. The number of rotatable bonds is 6. The summed E-state index contributed by atoms with van der Waals surface area (Å²) in [4.78, 5) is 19.4. The fourth-order valence-corrected chi connectivity index (χ4v) is 6.77. The molecular weight excluding hydrogens is 476 g/mol. The van der Waals surface area contributed by atoms with E-state index >= 15 is 0 Å². The van der Waals surface area contributed by atoms with Gasteiger partial charge in [0.05, 0.1) is 17.3 Å². The molecule has 10 heteroatoms. The molecule has 1 atom stereocenters. The van der Waals surface area contributed by atoms with E-state index in [9.17, 15) is 13.2 Å². The Hall–Kier alpha value is -1.39. The lowest BCUT2D eigenvalue weighted by molar-refractivity contribution is -0.132. The number of aromatic nitrogens is 3. The molecule has 2 heterocycles. The van der Waals surface area contributed by atoms with Crippen molar-refractivity contribution in [3.05, 3.63) is 28.7 Å². The fourth-order valence-electron chi connectivity index (χ4n) is 4.13. The van der Waals surface area contributed by atoms with Crippen molar-refractivity contribution in [2.45, 2.75) is 49.3 Å². The highest BCUT2D eigenvalue weighted by molar-refractivity contribution is 9.10. The number of carbonyl (C=O) groups is 1. The third-order valence-electron chi connectivity index (χ3n) is 5.52. The van der Waals surface area contributed by atoms with Crippen molar-refractivity contribution < 1.29 is 13.2 Å². The zero-order valence-electron chi connectivity index (χ0n) is 15.9. The van der Waals surface area contributed by atoms with Crippen molar-refractivity contribution in [3.8, 4) is 11.4 Å². The molecule has 1 aliphatic carbocycles.